The molecule has 1 aromatic carbocycles. The summed E-state index contributed by atoms with van der Waals surface area (Å²) in [7, 11) is 0. The molecule has 2 fully saturated rings. The van der Waals surface area contributed by atoms with Crippen LogP contribution in [0.3, 0.4) is 0 Å². The Bertz CT molecular complexity index is 706. The molecule has 4 nitrogen and oxygen atoms in total. The molecular weight excluding hydrogens is 371 g/mol. The number of halogens is 1. The molecule has 160 valence electrons. The monoisotopic (exact) mass is 404 g/mol. The molecule has 0 spiro atoms. The third-order valence-electron chi connectivity index (χ3n) is 6.81. The lowest BCUT2D eigenvalue weighted by Crippen LogP contribution is -2.38. The molecule has 29 heavy (non-hydrogen) atoms. The molecular formula is C24H33FO4. The van der Waals surface area contributed by atoms with E-state index in [1.54, 1.807) is 12.1 Å². The zero-order valence-corrected chi connectivity index (χ0v) is 17.8. The van der Waals surface area contributed by atoms with Gasteiger partial charge in [0.1, 0.15) is 11.9 Å². The van der Waals surface area contributed by atoms with Crippen LogP contribution in [-0.4, -0.2) is 24.6 Å². The summed E-state index contributed by atoms with van der Waals surface area (Å²) in [5.41, 5.74) is -0.0240. The summed E-state index contributed by atoms with van der Waals surface area (Å²) in [6, 6.07) is 6.04. The molecule has 0 bridgehead atoms. The van der Waals surface area contributed by atoms with E-state index in [9.17, 15) is 14.0 Å². The van der Waals surface area contributed by atoms with E-state index in [0.29, 0.717) is 30.6 Å². The second-order valence-electron chi connectivity index (χ2n) is 9.23. The predicted octanol–water partition coefficient (Wildman–Crippen LogP) is 5.18. The first kappa shape index (κ1) is 21.8. The molecule has 1 aromatic rings. The Labute approximate surface area is 173 Å². The number of ether oxygens (including phenoxy) is 2. The van der Waals surface area contributed by atoms with E-state index in [0.717, 1.165) is 37.7 Å². The number of rotatable bonds is 6. The van der Waals surface area contributed by atoms with Crippen molar-refractivity contribution in [2.45, 2.75) is 77.2 Å². The van der Waals surface area contributed by atoms with Crippen molar-refractivity contribution < 1.29 is 23.5 Å². The lowest BCUT2D eigenvalue weighted by Gasteiger charge is -2.36. The van der Waals surface area contributed by atoms with Crippen molar-refractivity contribution in [3.05, 3.63) is 35.6 Å². The van der Waals surface area contributed by atoms with Crippen LogP contribution in [0.4, 0.5) is 4.39 Å². The van der Waals surface area contributed by atoms with Gasteiger partial charge in [-0.3, -0.25) is 4.79 Å². The Kier molecular flexibility index (Phi) is 6.97. The van der Waals surface area contributed by atoms with Gasteiger partial charge in [0.05, 0.1) is 5.41 Å². The zero-order chi connectivity index (χ0) is 21.0. The number of hydrogen-bond donors (Lipinski definition) is 0. The summed E-state index contributed by atoms with van der Waals surface area (Å²) < 4.78 is 24.5. The van der Waals surface area contributed by atoms with Gasteiger partial charge in [0, 0.05) is 0 Å². The normalized spacial score (nSPS) is 26.3. The topological polar surface area (TPSA) is 52.6 Å². The van der Waals surface area contributed by atoms with Gasteiger partial charge in [0.2, 0.25) is 0 Å². The van der Waals surface area contributed by atoms with Crippen LogP contribution in [0, 0.1) is 23.6 Å². The fourth-order valence-electron chi connectivity index (χ4n) is 5.07. The Hall–Kier alpha value is -1.91. The lowest BCUT2D eigenvalue weighted by atomic mass is 9.75. The molecule has 3 rings (SSSR count). The molecule has 2 saturated carbocycles. The minimum absolute atomic E-state index is 0.109. The van der Waals surface area contributed by atoms with Crippen LogP contribution in [0.15, 0.2) is 24.3 Å². The van der Waals surface area contributed by atoms with Crippen molar-refractivity contribution in [3.63, 3.8) is 0 Å². The Morgan fingerprint density at radius 3 is 2.41 bits per heavy atom. The number of carbonyl (C=O) groups excluding carboxylic acids is 2. The maximum absolute atomic E-state index is 13.3. The van der Waals surface area contributed by atoms with Crippen LogP contribution in [0.2, 0.25) is 0 Å². The molecule has 2 aliphatic rings. The van der Waals surface area contributed by atoms with Crippen LogP contribution >= 0.6 is 0 Å². The van der Waals surface area contributed by atoms with Crippen LogP contribution in [-0.2, 0) is 24.5 Å². The van der Waals surface area contributed by atoms with Gasteiger partial charge in [0.15, 0.2) is 6.61 Å². The second-order valence-corrected chi connectivity index (χ2v) is 9.23. The molecule has 0 unspecified atom stereocenters. The molecule has 0 radical (unpaired) electrons. The van der Waals surface area contributed by atoms with Crippen molar-refractivity contribution in [2.75, 3.05) is 6.61 Å². The first-order valence-corrected chi connectivity index (χ1v) is 10.9. The lowest BCUT2D eigenvalue weighted by molar-refractivity contribution is -0.169. The number of benzene rings is 1. The summed E-state index contributed by atoms with van der Waals surface area (Å²) in [6.07, 6.45) is 6.10. The molecule has 0 aromatic heterocycles. The van der Waals surface area contributed by atoms with E-state index < -0.39 is 17.4 Å². The van der Waals surface area contributed by atoms with Crippen molar-refractivity contribution in [3.8, 4) is 0 Å². The van der Waals surface area contributed by atoms with E-state index in [-0.39, 0.29) is 18.5 Å². The Morgan fingerprint density at radius 1 is 1.14 bits per heavy atom. The zero-order valence-electron chi connectivity index (χ0n) is 17.8. The third-order valence-corrected chi connectivity index (χ3v) is 6.81. The van der Waals surface area contributed by atoms with E-state index in [2.05, 4.69) is 20.8 Å². The highest BCUT2D eigenvalue weighted by Gasteiger charge is 2.44. The first-order chi connectivity index (χ1) is 13.8. The molecule has 2 aliphatic carbocycles. The number of esters is 2. The van der Waals surface area contributed by atoms with E-state index in [1.165, 1.54) is 12.1 Å². The maximum atomic E-state index is 13.3. The molecule has 0 amide bonds. The predicted molar refractivity (Wildman–Crippen MR) is 109 cm³/mol. The summed E-state index contributed by atoms with van der Waals surface area (Å²) in [6.45, 7) is 6.14. The van der Waals surface area contributed by atoms with Gasteiger partial charge in [-0.1, -0.05) is 52.2 Å². The first-order valence-electron chi connectivity index (χ1n) is 10.9. The highest BCUT2D eigenvalue weighted by molar-refractivity contribution is 5.85. The summed E-state index contributed by atoms with van der Waals surface area (Å²) in [5, 5.41) is 0. The van der Waals surface area contributed by atoms with Crippen molar-refractivity contribution in [2.24, 2.45) is 17.8 Å². The standard InChI is InChI=1S/C24H33FO4/c1-16(2)20-11-6-17(3)14-21(20)29-22(26)15-28-23(27)24(12-4-5-13-24)18-7-9-19(25)10-8-18/h7-10,16-17,20-21H,4-6,11-15H2,1-3H3/t17-,20-,21+/m1/s1. The SMILES string of the molecule is CC(C)[C@H]1CC[C@@H](C)C[C@@H]1OC(=O)COC(=O)C1(c2ccc(F)cc2)CCCC1. The van der Waals surface area contributed by atoms with Crippen molar-refractivity contribution in [1.29, 1.82) is 0 Å². The van der Waals surface area contributed by atoms with Crippen molar-refractivity contribution in [1.82, 2.24) is 0 Å². The number of hydrogen-bond acceptors (Lipinski definition) is 4. The average molecular weight is 405 g/mol. The molecule has 3 atom stereocenters. The molecule has 0 saturated heterocycles. The minimum atomic E-state index is -0.784. The average Bonchev–Trinajstić information content (AvgIpc) is 3.17. The largest absolute Gasteiger partial charge is 0.460 e. The fourth-order valence-corrected chi connectivity index (χ4v) is 5.07. The molecule has 5 heteroatoms. The second kappa shape index (κ2) is 9.27. The molecule has 0 aliphatic heterocycles. The van der Waals surface area contributed by atoms with E-state index in [1.807, 2.05) is 0 Å². The highest BCUT2D eigenvalue weighted by atomic mass is 19.1. The van der Waals surface area contributed by atoms with Gasteiger partial charge in [0.25, 0.3) is 0 Å². The third kappa shape index (κ3) is 4.99. The van der Waals surface area contributed by atoms with Gasteiger partial charge in [-0.05, 0) is 61.1 Å². The summed E-state index contributed by atoms with van der Waals surface area (Å²) in [5.74, 6) is 0.117. The van der Waals surface area contributed by atoms with Gasteiger partial charge in [-0.15, -0.1) is 0 Å². The van der Waals surface area contributed by atoms with Crippen LogP contribution in [0.1, 0.15) is 71.3 Å². The fraction of sp³-hybridized carbons (Fsp3) is 0.667. The Balaban J connectivity index is 1.61. The van der Waals surface area contributed by atoms with Crippen LogP contribution in [0.25, 0.3) is 0 Å². The summed E-state index contributed by atoms with van der Waals surface area (Å²) >= 11 is 0. The van der Waals surface area contributed by atoms with E-state index in [4.69, 9.17) is 9.47 Å². The Morgan fingerprint density at radius 2 is 1.79 bits per heavy atom. The highest BCUT2D eigenvalue weighted by Crippen LogP contribution is 2.42. The van der Waals surface area contributed by atoms with Gasteiger partial charge >= 0.3 is 11.9 Å². The molecule has 0 N–H and O–H groups in total. The van der Waals surface area contributed by atoms with Gasteiger partial charge in [-0.2, -0.15) is 0 Å². The van der Waals surface area contributed by atoms with Gasteiger partial charge < -0.3 is 9.47 Å². The minimum Gasteiger partial charge on any atom is -0.460 e. The summed E-state index contributed by atoms with van der Waals surface area (Å²) in [4.78, 5) is 25.4. The van der Waals surface area contributed by atoms with Gasteiger partial charge in [-0.25, -0.2) is 9.18 Å². The number of carbonyl (C=O) groups is 2. The van der Waals surface area contributed by atoms with Crippen LogP contribution in [0.5, 0.6) is 0 Å². The molecule has 0 heterocycles. The quantitative estimate of drug-likeness (QED) is 0.613. The van der Waals surface area contributed by atoms with Crippen LogP contribution < -0.4 is 0 Å². The van der Waals surface area contributed by atoms with Crippen molar-refractivity contribution >= 4 is 11.9 Å². The smallest absolute Gasteiger partial charge is 0.344 e. The maximum Gasteiger partial charge on any atom is 0.344 e. The van der Waals surface area contributed by atoms with E-state index >= 15 is 0 Å².